The number of rotatable bonds is 6. The van der Waals surface area contributed by atoms with Crippen molar-refractivity contribution in [1.82, 2.24) is 5.32 Å². The Morgan fingerprint density at radius 3 is 2.19 bits per heavy atom. The van der Waals surface area contributed by atoms with Gasteiger partial charge in [-0.2, -0.15) is 0 Å². The zero-order valence-electron chi connectivity index (χ0n) is 12.5. The van der Waals surface area contributed by atoms with E-state index in [2.05, 4.69) is 5.32 Å². The first-order valence-electron chi connectivity index (χ1n) is 6.62. The van der Waals surface area contributed by atoms with Crippen molar-refractivity contribution in [3.8, 4) is 5.75 Å². The average Bonchev–Trinajstić information content (AvgIpc) is 2.37. The summed E-state index contributed by atoms with van der Waals surface area (Å²) in [7, 11) is 0. The zero-order valence-corrected chi connectivity index (χ0v) is 13.3. The summed E-state index contributed by atoms with van der Waals surface area (Å²) in [6.07, 6.45) is 0. The smallest absolute Gasteiger partial charge is 0.326 e. The second-order valence-electron chi connectivity index (χ2n) is 5.60. The highest BCUT2D eigenvalue weighted by atomic mass is 35.5. The maximum atomic E-state index is 12.2. The monoisotopic (exact) mass is 313 g/mol. The number of aliphatic carboxylic acids is 1. The standard InChI is InChI=1S/C15H20ClNO4/c1-9(2)12(13(18)19)17-14(20)15(3,4)21-11-7-5-10(16)6-8-11/h5-9,12H,1-4H3,(H,17,20)(H,18,19)/t12-/m0/s1. The highest BCUT2D eigenvalue weighted by Gasteiger charge is 2.34. The second-order valence-corrected chi connectivity index (χ2v) is 6.04. The molecule has 0 fully saturated rings. The van der Waals surface area contributed by atoms with Gasteiger partial charge in [0.05, 0.1) is 0 Å². The van der Waals surface area contributed by atoms with Gasteiger partial charge in [-0.25, -0.2) is 4.79 Å². The van der Waals surface area contributed by atoms with Crippen molar-refractivity contribution in [3.05, 3.63) is 29.3 Å². The molecule has 0 aliphatic carbocycles. The minimum Gasteiger partial charge on any atom is -0.480 e. The third-order valence-electron chi connectivity index (χ3n) is 2.95. The molecule has 1 aromatic carbocycles. The van der Waals surface area contributed by atoms with Crippen LogP contribution in [0.4, 0.5) is 0 Å². The van der Waals surface area contributed by atoms with Crippen LogP contribution in [0.5, 0.6) is 5.75 Å². The van der Waals surface area contributed by atoms with Crippen LogP contribution in [-0.4, -0.2) is 28.6 Å². The van der Waals surface area contributed by atoms with Gasteiger partial charge >= 0.3 is 5.97 Å². The van der Waals surface area contributed by atoms with Gasteiger partial charge in [0.2, 0.25) is 0 Å². The first kappa shape index (κ1) is 17.3. The van der Waals surface area contributed by atoms with Crippen molar-refractivity contribution in [2.24, 2.45) is 5.92 Å². The van der Waals surface area contributed by atoms with E-state index in [1.54, 1.807) is 52.0 Å². The first-order chi connectivity index (χ1) is 9.63. The van der Waals surface area contributed by atoms with Crippen LogP contribution in [0.25, 0.3) is 0 Å². The van der Waals surface area contributed by atoms with E-state index in [1.165, 1.54) is 0 Å². The van der Waals surface area contributed by atoms with Gasteiger partial charge in [0, 0.05) is 5.02 Å². The molecule has 2 N–H and O–H groups in total. The summed E-state index contributed by atoms with van der Waals surface area (Å²) in [5.74, 6) is -1.30. The largest absolute Gasteiger partial charge is 0.480 e. The molecule has 0 heterocycles. The van der Waals surface area contributed by atoms with Crippen molar-refractivity contribution in [2.45, 2.75) is 39.3 Å². The molecular formula is C15H20ClNO4. The Morgan fingerprint density at radius 2 is 1.76 bits per heavy atom. The first-order valence-corrected chi connectivity index (χ1v) is 6.99. The van der Waals surface area contributed by atoms with Crippen LogP contribution in [-0.2, 0) is 9.59 Å². The van der Waals surface area contributed by atoms with Crippen molar-refractivity contribution in [2.75, 3.05) is 0 Å². The van der Waals surface area contributed by atoms with Gasteiger partial charge in [0.25, 0.3) is 5.91 Å². The van der Waals surface area contributed by atoms with Crippen LogP contribution in [0.15, 0.2) is 24.3 Å². The van der Waals surface area contributed by atoms with Crippen molar-refractivity contribution < 1.29 is 19.4 Å². The minimum absolute atomic E-state index is 0.224. The lowest BCUT2D eigenvalue weighted by molar-refractivity contribution is -0.146. The number of amides is 1. The highest BCUT2D eigenvalue weighted by molar-refractivity contribution is 6.30. The summed E-state index contributed by atoms with van der Waals surface area (Å²) >= 11 is 5.78. The topological polar surface area (TPSA) is 75.6 Å². The number of hydrogen-bond donors (Lipinski definition) is 2. The molecule has 0 saturated heterocycles. The Morgan fingerprint density at radius 1 is 1.24 bits per heavy atom. The quantitative estimate of drug-likeness (QED) is 0.846. The van der Waals surface area contributed by atoms with Gasteiger partial charge in [0.1, 0.15) is 11.8 Å². The Labute approximate surface area is 129 Å². The van der Waals surface area contributed by atoms with Gasteiger partial charge < -0.3 is 15.2 Å². The van der Waals surface area contributed by atoms with Gasteiger partial charge in [0.15, 0.2) is 5.60 Å². The van der Waals surface area contributed by atoms with Gasteiger partial charge in [-0.3, -0.25) is 4.79 Å². The third-order valence-corrected chi connectivity index (χ3v) is 3.20. The van der Waals surface area contributed by atoms with Crippen LogP contribution in [0.2, 0.25) is 5.02 Å². The molecule has 6 heteroatoms. The van der Waals surface area contributed by atoms with Crippen LogP contribution in [0.1, 0.15) is 27.7 Å². The lowest BCUT2D eigenvalue weighted by atomic mass is 10.0. The molecule has 0 aliphatic heterocycles. The van der Waals surface area contributed by atoms with Crippen molar-refractivity contribution >= 4 is 23.5 Å². The van der Waals surface area contributed by atoms with Gasteiger partial charge in [-0.1, -0.05) is 25.4 Å². The molecule has 0 aromatic heterocycles. The summed E-state index contributed by atoms with van der Waals surface area (Å²) in [6.45, 7) is 6.62. The fraction of sp³-hybridized carbons (Fsp3) is 0.467. The molecule has 5 nitrogen and oxygen atoms in total. The SMILES string of the molecule is CC(C)[C@H](NC(=O)C(C)(C)Oc1ccc(Cl)cc1)C(=O)O. The molecule has 1 rings (SSSR count). The molecule has 0 radical (unpaired) electrons. The molecule has 0 saturated carbocycles. The van der Waals surface area contributed by atoms with Crippen LogP contribution in [0.3, 0.4) is 0 Å². The van der Waals surface area contributed by atoms with E-state index in [-0.39, 0.29) is 5.92 Å². The van der Waals surface area contributed by atoms with E-state index >= 15 is 0 Å². The lowest BCUT2D eigenvalue weighted by Gasteiger charge is -2.28. The Hall–Kier alpha value is -1.75. The van der Waals surface area contributed by atoms with Crippen LogP contribution < -0.4 is 10.1 Å². The van der Waals surface area contributed by atoms with E-state index in [9.17, 15) is 9.59 Å². The fourth-order valence-corrected chi connectivity index (χ4v) is 1.80. The molecule has 0 aliphatic rings. The van der Waals surface area contributed by atoms with Crippen molar-refractivity contribution in [1.29, 1.82) is 0 Å². The number of hydrogen-bond acceptors (Lipinski definition) is 3. The van der Waals surface area contributed by atoms with Gasteiger partial charge in [-0.15, -0.1) is 0 Å². The number of carboxylic acids is 1. The highest BCUT2D eigenvalue weighted by Crippen LogP contribution is 2.21. The van der Waals surface area contributed by atoms with E-state index in [0.29, 0.717) is 10.8 Å². The summed E-state index contributed by atoms with van der Waals surface area (Å²) in [6, 6.07) is 5.65. The average molecular weight is 314 g/mol. The van der Waals surface area contributed by atoms with Crippen LogP contribution in [0, 0.1) is 5.92 Å². The molecule has 116 valence electrons. The van der Waals surface area contributed by atoms with E-state index < -0.39 is 23.5 Å². The summed E-state index contributed by atoms with van der Waals surface area (Å²) in [5, 5.41) is 12.2. The zero-order chi connectivity index (χ0) is 16.2. The summed E-state index contributed by atoms with van der Waals surface area (Å²) in [4.78, 5) is 23.4. The number of ether oxygens (including phenoxy) is 1. The number of halogens is 1. The fourth-order valence-electron chi connectivity index (χ4n) is 1.67. The minimum atomic E-state index is -1.20. The Balaban J connectivity index is 2.79. The predicted molar refractivity (Wildman–Crippen MR) is 80.6 cm³/mol. The van der Waals surface area contributed by atoms with E-state index in [4.69, 9.17) is 21.4 Å². The molecule has 0 spiro atoms. The summed E-state index contributed by atoms with van der Waals surface area (Å²) < 4.78 is 5.62. The van der Waals surface area contributed by atoms with Crippen LogP contribution >= 0.6 is 11.6 Å². The van der Waals surface area contributed by atoms with Crippen molar-refractivity contribution in [3.63, 3.8) is 0 Å². The number of benzene rings is 1. The number of nitrogens with one attached hydrogen (secondary N) is 1. The maximum Gasteiger partial charge on any atom is 0.326 e. The Kier molecular flexibility index (Phi) is 5.61. The Bertz CT molecular complexity index is 511. The normalized spacial score (nSPS) is 12.9. The second kappa shape index (κ2) is 6.80. The molecule has 1 amide bonds. The van der Waals surface area contributed by atoms with Gasteiger partial charge in [-0.05, 0) is 44.0 Å². The number of carboxylic acid groups (broad SMARTS) is 1. The number of carbonyl (C=O) groups is 2. The van der Waals surface area contributed by atoms with E-state index in [1.807, 2.05) is 0 Å². The molecular weight excluding hydrogens is 294 g/mol. The number of carbonyl (C=O) groups excluding carboxylic acids is 1. The lowest BCUT2D eigenvalue weighted by Crippen LogP contribution is -2.53. The molecule has 0 bridgehead atoms. The maximum absolute atomic E-state index is 12.2. The molecule has 1 atom stereocenters. The third kappa shape index (κ3) is 4.93. The molecule has 21 heavy (non-hydrogen) atoms. The van der Waals surface area contributed by atoms with E-state index in [0.717, 1.165) is 0 Å². The predicted octanol–water partition coefficient (Wildman–Crippen LogP) is 2.72. The summed E-state index contributed by atoms with van der Waals surface area (Å²) in [5.41, 5.74) is -1.20. The molecule has 0 unspecified atom stereocenters. The molecule has 1 aromatic rings.